The maximum Gasteiger partial charge on any atom is -0.0253 e. The van der Waals surface area contributed by atoms with Crippen LogP contribution in [0.5, 0.6) is 0 Å². The smallest absolute Gasteiger partial charge is 0.0253 e. The Balaban J connectivity index is 0.000000132. The Morgan fingerprint density at radius 2 is 1.57 bits per heavy atom. The van der Waals surface area contributed by atoms with E-state index in [-0.39, 0.29) is 5.43 Å². The molecule has 0 spiro atoms. The SMILES string of the molecule is C[Si](C)=[Zr]([Cl])[Cl].[c-]1cccc2c1Cc1ccccc1-2.c1ccc2[cH-]ccc2c1. The molecule has 1 aliphatic rings. The van der Waals surface area contributed by atoms with Crippen molar-refractivity contribution < 1.29 is 18.0 Å². The van der Waals surface area contributed by atoms with Gasteiger partial charge in [-0.1, -0.05) is 41.5 Å². The third-order valence-electron chi connectivity index (χ3n) is 4.54. The van der Waals surface area contributed by atoms with Crippen molar-refractivity contribution in [2.45, 2.75) is 19.5 Å². The monoisotopic (exact) mass is 498 g/mol. The molecule has 28 heavy (non-hydrogen) atoms. The van der Waals surface area contributed by atoms with Crippen molar-refractivity contribution >= 4 is 33.2 Å². The van der Waals surface area contributed by atoms with Crippen LogP contribution in [0.25, 0.3) is 21.9 Å². The van der Waals surface area contributed by atoms with Gasteiger partial charge in [-0.05, 0) is 6.42 Å². The third-order valence-corrected chi connectivity index (χ3v) is 24.3. The maximum absolute atomic E-state index is 5.62. The van der Waals surface area contributed by atoms with Crippen molar-refractivity contribution in [3.63, 3.8) is 0 Å². The Bertz CT molecular complexity index is 1010. The van der Waals surface area contributed by atoms with Crippen LogP contribution >= 0.6 is 17.0 Å². The zero-order valence-electron chi connectivity index (χ0n) is 16.0. The molecule has 0 nitrogen and oxygen atoms in total. The Kier molecular flexibility index (Phi) is 8.23. The van der Waals surface area contributed by atoms with E-state index in [1.165, 1.54) is 33.0 Å². The molecule has 4 aromatic carbocycles. The summed E-state index contributed by atoms with van der Waals surface area (Å²) in [6.07, 6.45) is 1.05. The molecule has 0 aliphatic heterocycles. The number of hydrogen-bond donors (Lipinski definition) is 0. The predicted molar refractivity (Wildman–Crippen MR) is 122 cm³/mol. The van der Waals surface area contributed by atoms with Crippen molar-refractivity contribution in [1.29, 1.82) is 0 Å². The molecule has 0 N–H and O–H groups in total. The molecule has 0 radical (unpaired) electrons. The second-order valence-corrected chi connectivity index (χ2v) is 29.8. The summed E-state index contributed by atoms with van der Waals surface area (Å²) in [4.78, 5) is 0. The molecule has 0 amide bonds. The molecule has 1 aliphatic carbocycles. The number of hydrogen-bond acceptors (Lipinski definition) is 0. The molecule has 4 heteroatoms. The van der Waals surface area contributed by atoms with Crippen LogP contribution in [0.15, 0.2) is 84.9 Å². The average Bonchev–Trinajstić information content (AvgIpc) is 3.33. The standard InChI is InChI=1S/C13H9.C9H7.C2H6Si.2ClH.Zr/c1-3-7-12-10(5-1)9-11-6-2-4-8-13(11)12;1-2-5-9-7-3-6-8(9)4-1;1-3-2;;;/h1-5,7-8H,9H2;1-7H;1-2H3;2*1H;/q2*-1;;;;+2/p-2. The van der Waals surface area contributed by atoms with Crippen LogP contribution in [0.1, 0.15) is 11.1 Å². The summed E-state index contributed by atoms with van der Waals surface area (Å²) in [5.41, 5.74) is 5.29. The minimum absolute atomic E-state index is 0.224. The van der Waals surface area contributed by atoms with Crippen molar-refractivity contribution in [2.24, 2.45) is 0 Å². The summed E-state index contributed by atoms with van der Waals surface area (Å²) in [7, 11) is 11.2. The first kappa shape index (κ1) is 21.7. The first-order valence-corrected chi connectivity index (χ1v) is 21.7. The third kappa shape index (κ3) is 5.74. The summed E-state index contributed by atoms with van der Waals surface area (Å²) >= 11 is -1.65. The second kappa shape index (κ2) is 10.6. The molecular weight excluding hydrogens is 478 g/mol. The van der Waals surface area contributed by atoms with Gasteiger partial charge in [-0.2, -0.15) is 47.3 Å². The fourth-order valence-electron chi connectivity index (χ4n) is 3.07. The van der Waals surface area contributed by atoms with Crippen molar-refractivity contribution in [2.75, 3.05) is 0 Å². The van der Waals surface area contributed by atoms with E-state index in [0.29, 0.717) is 0 Å². The second-order valence-electron chi connectivity index (χ2n) is 6.81. The van der Waals surface area contributed by atoms with Gasteiger partial charge in [-0.15, -0.1) is 35.2 Å². The van der Waals surface area contributed by atoms with E-state index >= 15 is 0 Å². The van der Waals surface area contributed by atoms with Gasteiger partial charge in [0.1, 0.15) is 0 Å². The topological polar surface area (TPSA) is 0 Å². The quantitative estimate of drug-likeness (QED) is 0.150. The van der Waals surface area contributed by atoms with Gasteiger partial charge < -0.3 is 0 Å². The van der Waals surface area contributed by atoms with Gasteiger partial charge in [0.15, 0.2) is 0 Å². The maximum atomic E-state index is 5.62. The molecule has 0 fully saturated rings. The summed E-state index contributed by atoms with van der Waals surface area (Å²) in [5.74, 6) is 0. The minimum atomic E-state index is -1.65. The molecule has 142 valence electrons. The van der Waals surface area contributed by atoms with Crippen LogP contribution in [0, 0.1) is 6.07 Å². The summed E-state index contributed by atoms with van der Waals surface area (Å²) in [6.45, 7) is 4.33. The van der Waals surface area contributed by atoms with Crippen LogP contribution in [-0.2, 0) is 24.4 Å². The zero-order valence-corrected chi connectivity index (χ0v) is 21.0. The van der Waals surface area contributed by atoms with E-state index in [1.807, 2.05) is 6.07 Å². The summed E-state index contributed by atoms with van der Waals surface area (Å²) < 4.78 is 0. The van der Waals surface area contributed by atoms with Crippen molar-refractivity contribution in [3.8, 4) is 11.1 Å². The number of fused-ring (bicyclic) bond motifs is 4. The van der Waals surface area contributed by atoms with Crippen molar-refractivity contribution in [3.05, 3.63) is 102 Å². The largest absolute Gasteiger partial charge is 0.179 e. The molecule has 0 saturated carbocycles. The van der Waals surface area contributed by atoms with E-state index in [9.17, 15) is 0 Å². The van der Waals surface area contributed by atoms with Gasteiger partial charge in [-0.25, -0.2) is 0 Å². The van der Waals surface area contributed by atoms with Gasteiger partial charge in [-0.3, -0.25) is 0 Å². The average molecular weight is 501 g/mol. The number of halogens is 2. The van der Waals surface area contributed by atoms with Crippen LogP contribution in [-0.4, -0.2) is 5.43 Å². The van der Waals surface area contributed by atoms with E-state index < -0.39 is 18.0 Å². The number of rotatable bonds is 0. The van der Waals surface area contributed by atoms with Crippen LogP contribution in [0.2, 0.25) is 13.1 Å². The minimum Gasteiger partial charge on any atom is -0.179 e. The van der Waals surface area contributed by atoms with Gasteiger partial charge in [0, 0.05) is 0 Å². The predicted octanol–water partition coefficient (Wildman–Crippen LogP) is 7.78. The van der Waals surface area contributed by atoms with E-state index in [1.54, 1.807) is 0 Å². The molecule has 0 aromatic heterocycles. The van der Waals surface area contributed by atoms with Gasteiger partial charge >= 0.3 is 53.5 Å². The molecule has 0 bridgehead atoms. The van der Waals surface area contributed by atoms with E-state index in [2.05, 4.69) is 98.0 Å². The van der Waals surface area contributed by atoms with Crippen molar-refractivity contribution in [1.82, 2.24) is 0 Å². The molecule has 0 atom stereocenters. The molecule has 0 saturated heterocycles. The first-order chi connectivity index (χ1) is 13.6. The molecule has 4 aromatic rings. The molecular formula is C24H22Cl2SiZr-2. The van der Waals surface area contributed by atoms with Crippen LogP contribution < -0.4 is 0 Å². The Morgan fingerprint density at radius 1 is 0.893 bits per heavy atom. The first-order valence-electron chi connectivity index (χ1n) is 9.23. The van der Waals surface area contributed by atoms with E-state index in [0.717, 1.165) is 6.42 Å². The Hall–Kier alpha value is -1.05. The molecule has 0 unspecified atom stereocenters. The van der Waals surface area contributed by atoms with E-state index in [4.69, 9.17) is 17.0 Å². The van der Waals surface area contributed by atoms with Crippen LogP contribution in [0.3, 0.4) is 0 Å². The number of benzene rings is 3. The summed E-state index contributed by atoms with van der Waals surface area (Å²) in [6, 6.07) is 32.8. The van der Waals surface area contributed by atoms with Gasteiger partial charge in [0.05, 0.1) is 0 Å². The van der Waals surface area contributed by atoms with Gasteiger partial charge in [0.2, 0.25) is 0 Å². The Morgan fingerprint density at radius 3 is 2.32 bits per heavy atom. The van der Waals surface area contributed by atoms with Crippen LogP contribution in [0.4, 0.5) is 0 Å². The Labute approximate surface area is 182 Å². The van der Waals surface area contributed by atoms with Gasteiger partial charge in [0.25, 0.3) is 0 Å². The molecule has 0 heterocycles. The normalized spacial score (nSPS) is 10.7. The zero-order chi connectivity index (χ0) is 19.9. The fourth-order valence-corrected chi connectivity index (χ4v) is 3.07. The summed E-state index contributed by atoms with van der Waals surface area (Å²) in [5, 5.41) is 2.66. The molecule has 5 rings (SSSR count). The fraction of sp³-hybridized carbons (Fsp3) is 0.125.